The van der Waals surface area contributed by atoms with Gasteiger partial charge in [-0.25, -0.2) is 5.48 Å². The van der Waals surface area contributed by atoms with E-state index in [-0.39, 0.29) is 0 Å². The van der Waals surface area contributed by atoms with Crippen molar-refractivity contribution in [3.63, 3.8) is 0 Å². The number of rotatable bonds is 4. The molecule has 5 heteroatoms. The molecule has 0 amide bonds. The minimum Gasteiger partial charge on any atom is -0.382 e. The predicted molar refractivity (Wildman–Crippen MR) is 133 cm³/mol. The fraction of sp³-hybridized carbons (Fsp3) is 0.143. The van der Waals surface area contributed by atoms with Crippen LogP contribution >= 0.6 is 0 Å². The van der Waals surface area contributed by atoms with E-state index in [0.29, 0.717) is 17.8 Å². The molecule has 1 aliphatic heterocycles. The van der Waals surface area contributed by atoms with Crippen LogP contribution in [0.1, 0.15) is 22.4 Å². The lowest BCUT2D eigenvalue weighted by Crippen LogP contribution is -2.21. The van der Waals surface area contributed by atoms with Gasteiger partial charge in [0.25, 0.3) is 0 Å². The Labute approximate surface area is 192 Å². The molecule has 0 radical (unpaired) electrons. The van der Waals surface area contributed by atoms with Gasteiger partial charge in [-0.15, -0.1) is 0 Å². The second-order valence-electron chi connectivity index (χ2n) is 8.62. The van der Waals surface area contributed by atoms with Crippen molar-refractivity contribution in [3.8, 4) is 11.1 Å². The summed E-state index contributed by atoms with van der Waals surface area (Å²) in [6.07, 6.45) is 2.08. The lowest BCUT2D eigenvalue weighted by molar-refractivity contribution is 0.179. The molecule has 4 aromatic rings. The van der Waals surface area contributed by atoms with Gasteiger partial charge in [-0.05, 0) is 61.2 Å². The fourth-order valence-electron chi connectivity index (χ4n) is 4.95. The Morgan fingerprint density at radius 2 is 1.67 bits per heavy atom. The smallest absolute Gasteiger partial charge is 0.240 e. The zero-order valence-electron chi connectivity index (χ0n) is 18.4. The van der Waals surface area contributed by atoms with E-state index in [1.807, 2.05) is 13.0 Å². The van der Waals surface area contributed by atoms with Gasteiger partial charge in [0.1, 0.15) is 0 Å². The van der Waals surface area contributed by atoms with Crippen LogP contribution in [-0.2, 0) is 17.7 Å². The molecule has 6 rings (SSSR count). The number of benzene rings is 3. The van der Waals surface area contributed by atoms with Gasteiger partial charge in [0.15, 0.2) is 5.84 Å². The van der Waals surface area contributed by atoms with Gasteiger partial charge in [-0.1, -0.05) is 54.6 Å². The molecule has 1 aromatic heterocycles. The highest BCUT2D eigenvalue weighted by Gasteiger charge is 2.24. The average Bonchev–Trinajstić information content (AvgIpc) is 3.44. The number of hydroxylamine groups is 1. The standard InChI is InChI=1S/C28H24N4O/c1-17-26(28-30-18(2)33-32-28)27(19-8-4-3-5-9-19)24-16-22(12-13-25(24)29-17)31-23-14-20-10-6-7-11-21(20)15-23/h3-13,16,23,31H,2,14-15H2,1H3,(H,30,32). The van der Waals surface area contributed by atoms with Crippen molar-refractivity contribution in [2.24, 2.45) is 4.99 Å². The van der Waals surface area contributed by atoms with E-state index in [1.54, 1.807) is 0 Å². The van der Waals surface area contributed by atoms with Crippen molar-refractivity contribution >= 4 is 22.4 Å². The van der Waals surface area contributed by atoms with Crippen molar-refractivity contribution < 1.29 is 4.84 Å². The largest absolute Gasteiger partial charge is 0.382 e. The molecule has 5 nitrogen and oxygen atoms in total. The first kappa shape index (κ1) is 19.6. The molecule has 162 valence electrons. The molecule has 0 saturated heterocycles. The van der Waals surface area contributed by atoms with Crippen LogP contribution in [0.5, 0.6) is 0 Å². The number of hydrogen-bond donors (Lipinski definition) is 2. The third-order valence-electron chi connectivity index (χ3n) is 6.39. The maximum atomic E-state index is 5.33. The van der Waals surface area contributed by atoms with Crippen molar-refractivity contribution in [2.45, 2.75) is 25.8 Å². The van der Waals surface area contributed by atoms with E-state index in [0.717, 1.165) is 51.8 Å². The van der Waals surface area contributed by atoms with Crippen LogP contribution in [-0.4, -0.2) is 16.9 Å². The third-order valence-corrected chi connectivity index (χ3v) is 6.39. The summed E-state index contributed by atoms with van der Waals surface area (Å²) >= 11 is 0. The highest BCUT2D eigenvalue weighted by molar-refractivity contribution is 6.12. The number of pyridine rings is 1. The zero-order chi connectivity index (χ0) is 22.4. The fourth-order valence-corrected chi connectivity index (χ4v) is 4.95. The normalized spacial score (nSPS) is 15.2. The summed E-state index contributed by atoms with van der Waals surface area (Å²) in [6.45, 7) is 5.82. The van der Waals surface area contributed by atoms with Gasteiger partial charge in [-0.3, -0.25) is 4.98 Å². The highest BCUT2D eigenvalue weighted by Crippen LogP contribution is 2.36. The summed E-state index contributed by atoms with van der Waals surface area (Å²) in [5, 5.41) is 4.83. The van der Waals surface area contributed by atoms with E-state index < -0.39 is 0 Å². The van der Waals surface area contributed by atoms with Gasteiger partial charge >= 0.3 is 0 Å². The first-order valence-electron chi connectivity index (χ1n) is 11.2. The second-order valence-corrected chi connectivity index (χ2v) is 8.62. The lowest BCUT2D eigenvalue weighted by atomic mass is 9.93. The van der Waals surface area contributed by atoms with Gasteiger partial charge in [0.05, 0.1) is 5.52 Å². The number of anilines is 1. The number of nitrogens with one attached hydrogen (secondary N) is 2. The number of aliphatic imine (C=N–C) groups is 1. The molecule has 0 fully saturated rings. The van der Waals surface area contributed by atoms with Gasteiger partial charge in [-0.2, -0.15) is 4.99 Å². The molecule has 0 saturated carbocycles. The molecule has 3 aromatic carbocycles. The zero-order valence-corrected chi connectivity index (χ0v) is 18.4. The van der Waals surface area contributed by atoms with Crippen LogP contribution in [0.25, 0.3) is 22.0 Å². The van der Waals surface area contributed by atoms with E-state index in [9.17, 15) is 0 Å². The summed E-state index contributed by atoms with van der Waals surface area (Å²) in [6, 6.07) is 25.9. The Morgan fingerprint density at radius 1 is 0.939 bits per heavy atom. The predicted octanol–water partition coefficient (Wildman–Crippen LogP) is 5.54. The van der Waals surface area contributed by atoms with Gasteiger partial charge < -0.3 is 10.2 Å². The number of fused-ring (bicyclic) bond motifs is 2. The number of amidine groups is 1. The van der Waals surface area contributed by atoms with Crippen molar-refractivity contribution in [1.82, 2.24) is 10.5 Å². The van der Waals surface area contributed by atoms with Crippen LogP contribution in [0.15, 0.2) is 90.3 Å². The van der Waals surface area contributed by atoms with E-state index in [2.05, 4.69) is 89.1 Å². The molecule has 0 bridgehead atoms. The minimum absolute atomic E-state index is 0.347. The quantitative estimate of drug-likeness (QED) is 0.444. The number of hydrogen-bond acceptors (Lipinski definition) is 5. The van der Waals surface area contributed by atoms with E-state index >= 15 is 0 Å². The SMILES string of the molecule is C=C1N=C(c2c(C)nc3ccc(NC4Cc5ccccc5C4)cc3c2-c2ccccc2)NO1. The van der Waals surface area contributed by atoms with Gasteiger partial charge in [0, 0.05) is 33.9 Å². The minimum atomic E-state index is 0.347. The second kappa shape index (κ2) is 7.78. The number of aromatic nitrogens is 1. The topological polar surface area (TPSA) is 58.5 Å². The molecular formula is C28H24N4O. The Morgan fingerprint density at radius 3 is 2.36 bits per heavy atom. The number of nitrogens with zero attached hydrogens (tertiary/aromatic N) is 2. The van der Waals surface area contributed by atoms with E-state index in [4.69, 9.17) is 9.82 Å². The first-order valence-corrected chi connectivity index (χ1v) is 11.2. The Balaban J connectivity index is 1.47. The van der Waals surface area contributed by atoms with Crippen LogP contribution in [0, 0.1) is 6.92 Å². The molecule has 2 heterocycles. The molecular weight excluding hydrogens is 408 g/mol. The molecule has 33 heavy (non-hydrogen) atoms. The van der Waals surface area contributed by atoms with Crippen LogP contribution in [0.4, 0.5) is 5.69 Å². The first-order chi connectivity index (χ1) is 16.2. The third kappa shape index (κ3) is 3.52. The Hall–Kier alpha value is -4.12. The van der Waals surface area contributed by atoms with Crippen LogP contribution in [0.3, 0.4) is 0 Å². The summed E-state index contributed by atoms with van der Waals surface area (Å²) in [5.41, 5.74) is 11.8. The maximum Gasteiger partial charge on any atom is 0.240 e. The summed E-state index contributed by atoms with van der Waals surface area (Å²) < 4.78 is 0. The van der Waals surface area contributed by atoms with Crippen molar-refractivity contribution in [2.75, 3.05) is 5.32 Å². The number of aryl methyl sites for hydroxylation is 1. The van der Waals surface area contributed by atoms with Crippen molar-refractivity contribution in [1.29, 1.82) is 0 Å². The van der Waals surface area contributed by atoms with Crippen LogP contribution in [0.2, 0.25) is 0 Å². The molecule has 0 atom stereocenters. The summed E-state index contributed by atoms with van der Waals surface area (Å²) in [4.78, 5) is 14.7. The molecule has 0 spiro atoms. The average molecular weight is 433 g/mol. The van der Waals surface area contributed by atoms with Gasteiger partial charge in [0.2, 0.25) is 5.88 Å². The molecule has 2 N–H and O–H groups in total. The molecule has 1 aliphatic carbocycles. The Bertz CT molecular complexity index is 1400. The van der Waals surface area contributed by atoms with Crippen molar-refractivity contribution in [3.05, 3.63) is 108 Å². The maximum absolute atomic E-state index is 5.33. The van der Waals surface area contributed by atoms with Crippen LogP contribution < -0.4 is 10.8 Å². The lowest BCUT2D eigenvalue weighted by Gasteiger charge is -2.18. The highest BCUT2D eigenvalue weighted by atomic mass is 16.7. The monoisotopic (exact) mass is 432 g/mol. The Kier molecular flexibility index (Phi) is 4.61. The summed E-state index contributed by atoms with van der Waals surface area (Å²) in [7, 11) is 0. The van der Waals surface area contributed by atoms with E-state index in [1.165, 1.54) is 11.1 Å². The summed E-state index contributed by atoms with van der Waals surface area (Å²) in [5.74, 6) is 0.982. The molecule has 0 unspecified atom stereocenters. The molecule has 2 aliphatic rings.